The molecule has 0 radical (unpaired) electrons. The van der Waals surface area contributed by atoms with Crippen molar-refractivity contribution in [2.45, 2.75) is 19.9 Å². The zero-order valence-electron chi connectivity index (χ0n) is 19.0. The molecule has 6 nitrogen and oxygen atoms in total. The highest BCUT2D eigenvalue weighted by Gasteiger charge is 2.46. The molecule has 1 saturated heterocycles. The van der Waals surface area contributed by atoms with E-state index in [2.05, 4.69) is 11.5 Å². The molecule has 1 aliphatic heterocycles. The Kier molecular flexibility index (Phi) is 8.01. The quantitative estimate of drug-likeness (QED) is 0.254. The van der Waals surface area contributed by atoms with Crippen LogP contribution in [0.2, 0.25) is 0 Å². The van der Waals surface area contributed by atoms with Crippen LogP contribution in [0.1, 0.15) is 31.0 Å². The van der Waals surface area contributed by atoms with Crippen LogP contribution in [-0.2, 0) is 9.59 Å². The van der Waals surface area contributed by atoms with Crippen LogP contribution in [0.5, 0.6) is 5.75 Å². The summed E-state index contributed by atoms with van der Waals surface area (Å²) in [5.74, 6) is -1.70. The van der Waals surface area contributed by atoms with Crippen molar-refractivity contribution in [1.29, 1.82) is 0 Å². The van der Waals surface area contributed by atoms with Crippen LogP contribution in [0.4, 0.5) is 4.39 Å². The molecule has 3 rings (SSSR count). The number of likely N-dealkylation sites (tertiary alicyclic amines) is 1. The molecule has 0 saturated carbocycles. The highest BCUT2D eigenvalue weighted by atomic mass is 19.1. The molecule has 0 spiro atoms. The number of carbonyl (C=O) groups excluding carboxylic acids is 2. The van der Waals surface area contributed by atoms with Crippen molar-refractivity contribution in [3.05, 3.63) is 83.7 Å². The topological polar surface area (TPSA) is 70.1 Å². The Morgan fingerprint density at radius 2 is 1.88 bits per heavy atom. The van der Waals surface area contributed by atoms with Gasteiger partial charge in [-0.3, -0.25) is 9.59 Å². The van der Waals surface area contributed by atoms with Crippen LogP contribution in [0.3, 0.4) is 0 Å². The van der Waals surface area contributed by atoms with Gasteiger partial charge in [-0.15, -0.1) is 0 Å². The van der Waals surface area contributed by atoms with Gasteiger partial charge in [-0.2, -0.15) is 0 Å². The molecule has 0 aromatic heterocycles. The highest BCUT2D eigenvalue weighted by Crippen LogP contribution is 2.39. The lowest BCUT2D eigenvalue weighted by molar-refractivity contribution is -0.140. The Labute approximate surface area is 193 Å². The van der Waals surface area contributed by atoms with E-state index in [0.29, 0.717) is 30.0 Å². The summed E-state index contributed by atoms with van der Waals surface area (Å²) in [6, 6.07) is 11.4. The van der Waals surface area contributed by atoms with E-state index in [1.165, 1.54) is 23.1 Å². The van der Waals surface area contributed by atoms with Gasteiger partial charge in [-0.1, -0.05) is 38.6 Å². The van der Waals surface area contributed by atoms with Gasteiger partial charge in [-0.05, 0) is 55.1 Å². The summed E-state index contributed by atoms with van der Waals surface area (Å²) >= 11 is 0. The van der Waals surface area contributed by atoms with Crippen LogP contribution < -0.4 is 4.74 Å². The van der Waals surface area contributed by atoms with Gasteiger partial charge in [0.05, 0.1) is 11.6 Å². The van der Waals surface area contributed by atoms with E-state index in [0.717, 1.165) is 13.1 Å². The van der Waals surface area contributed by atoms with Crippen molar-refractivity contribution in [3.8, 4) is 5.75 Å². The average Bonchev–Trinajstić information content (AvgIpc) is 3.08. The van der Waals surface area contributed by atoms with Gasteiger partial charge >= 0.3 is 0 Å². The van der Waals surface area contributed by atoms with E-state index in [1.54, 1.807) is 36.4 Å². The molecule has 0 aliphatic carbocycles. The molecule has 1 amide bonds. The van der Waals surface area contributed by atoms with E-state index in [9.17, 15) is 19.1 Å². The number of amides is 1. The van der Waals surface area contributed by atoms with Gasteiger partial charge < -0.3 is 19.6 Å². The number of nitrogens with zero attached hydrogens (tertiary/aromatic N) is 2. The summed E-state index contributed by atoms with van der Waals surface area (Å²) in [4.78, 5) is 29.6. The molecule has 174 valence electrons. The molecule has 1 aliphatic rings. The summed E-state index contributed by atoms with van der Waals surface area (Å²) < 4.78 is 19.5. The number of aliphatic hydroxyl groups excluding tert-OH is 1. The summed E-state index contributed by atoms with van der Waals surface area (Å²) in [6.07, 6.45) is 1.62. The Morgan fingerprint density at radius 3 is 2.48 bits per heavy atom. The first-order valence-corrected chi connectivity index (χ1v) is 11.0. The fourth-order valence-corrected chi connectivity index (χ4v) is 3.94. The number of aliphatic hydroxyl groups is 1. The molecule has 1 unspecified atom stereocenters. The minimum Gasteiger partial charge on any atom is -0.507 e. The second-order valence-electron chi connectivity index (χ2n) is 7.70. The zero-order valence-corrected chi connectivity index (χ0v) is 19.0. The number of likely N-dealkylation sites (N-methyl/N-ethyl adjacent to an activating group) is 1. The average molecular weight is 453 g/mol. The third-order valence-electron chi connectivity index (χ3n) is 5.75. The fourth-order valence-electron chi connectivity index (χ4n) is 3.94. The minimum atomic E-state index is -0.882. The molecular weight excluding hydrogens is 423 g/mol. The SMILES string of the molecule is C=CCOc1ccc(C(O)=C2C(=O)C(=O)N(CCN(CC)CC)C2c2cccc(F)c2)cc1. The lowest BCUT2D eigenvalue weighted by Crippen LogP contribution is -2.38. The first kappa shape index (κ1) is 24.2. The zero-order chi connectivity index (χ0) is 24.0. The molecule has 1 N–H and O–H groups in total. The van der Waals surface area contributed by atoms with E-state index in [4.69, 9.17) is 4.74 Å². The van der Waals surface area contributed by atoms with Crippen LogP contribution in [-0.4, -0.2) is 59.4 Å². The van der Waals surface area contributed by atoms with E-state index >= 15 is 0 Å². The van der Waals surface area contributed by atoms with Gasteiger partial charge in [-0.25, -0.2) is 4.39 Å². The Balaban J connectivity index is 2.04. The Bertz CT molecular complexity index is 1040. The van der Waals surface area contributed by atoms with Crippen LogP contribution in [0.25, 0.3) is 5.76 Å². The molecule has 7 heteroatoms. The first-order valence-electron chi connectivity index (χ1n) is 11.0. The third-order valence-corrected chi connectivity index (χ3v) is 5.75. The number of halogens is 1. The van der Waals surface area contributed by atoms with Crippen molar-refractivity contribution in [2.75, 3.05) is 32.8 Å². The number of rotatable bonds is 10. The van der Waals surface area contributed by atoms with Crippen molar-refractivity contribution in [2.24, 2.45) is 0 Å². The summed E-state index contributed by atoms with van der Waals surface area (Å²) in [5, 5.41) is 11.1. The number of ether oxygens (including phenoxy) is 1. The van der Waals surface area contributed by atoms with Gasteiger partial charge in [0.2, 0.25) is 0 Å². The molecule has 0 bridgehead atoms. The van der Waals surface area contributed by atoms with Crippen molar-refractivity contribution >= 4 is 17.4 Å². The number of hydrogen-bond acceptors (Lipinski definition) is 5. The molecule has 2 aromatic rings. The Morgan fingerprint density at radius 1 is 1.18 bits per heavy atom. The van der Waals surface area contributed by atoms with Crippen molar-refractivity contribution in [1.82, 2.24) is 9.80 Å². The lowest BCUT2D eigenvalue weighted by Gasteiger charge is -2.28. The maximum Gasteiger partial charge on any atom is 0.295 e. The van der Waals surface area contributed by atoms with Crippen LogP contribution in [0, 0.1) is 5.82 Å². The predicted octanol–water partition coefficient (Wildman–Crippen LogP) is 4.15. The highest BCUT2D eigenvalue weighted by molar-refractivity contribution is 6.46. The number of benzene rings is 2. The summed E-state index contributed by atoms with van der Waals surface area (Å²) in [7, 11) is 0. The number of carbonyl (C=O) groups is 2. The van der Waals surface area contributed by atoms with Gasteiger partial charge in [0.1, 0.15) is 23.9 Å². The molecule has 1 heterocycles. The van der Waals surface area contributed by atoms with E-state index < -0.39 is 23.5 Å². The predicted molar refractivity (Wildman–Crippen MR) is 125 cm³/mol. The largest absolute Gasteiger partial charge is 0.507 e. The van der Waals surface area contributed by atoms with E-state index in [1.807, 2.05) is 13.8 Å². The molecule has 2 aromatic carbocycles. The van der Waals surface area contributed by atoms with Crippen LogP contribution in [0.15, 0.2) is 66.8 Å². The normalized spacial score (nSPS) is 17.6. The van der Waals surface area contributed by atoms with Gasteiger partial charge in [0, 0.05) is 18.7 Å². The smallest absolute Gasteiger partial charge is 0.295 e. The maximum absolute atomic E-state index is 14.1. The standard InChI is InChI=1S/C26H29FN2O4/c1-4-16-33-21-12-10-18(11-13-21)24(30)22-23(19-8-7-9-20(27)17-19)29(26(32)25(22)31)15-14-28(5-2)6-3/h4,7-13,17,23,30H,1,5-6,14-16H2,2-3H3. The third kappa shape index (κ3) is 5.31. The number of hydrogen-bond donors (Lipinski definition) is 1. The molecule has 1 atom stereocenters. The van der Waals surface area contributed by atoms with Crippen molar-refractivity contribution in [3.63, 3.8) is 0 Å². The van der Waals surface area contributed by atoms with Crippen LogP contribution >= 0.6 is 0 Å². The van der Waals surface area contributed by atoms with Gasteiger partial charge in [0.25, 0.3) is 11.7 Å². The summed E-state index contributed by atoms with van der Waals surface area (Å²) in [5.41, 5.74) is 0.746. The fraction of sp³-hybridized carbons (Fsp3) is 0.308. The van der Waals surface area contributed by atoms with Crippen molar-refractivity contribution < 1.29 is 23.8 Å². The molecule has 1 fully saturated rings. The Hall–Kier alpha value is -3.45. The number of ketones is 1. The van der Waals surface area contributed by atoms with Gasteiger partial charge in [0.15, 0.2) is 0 Å². The second kappa shape index (κ2) is 10.9. The second-order valence-corrected chi connectivity index (χ2v) is 7.70. The molecular formula is C26H29FN2O4. The summed E-state index contributed by atoms with van der Waals surface area (Å²) in [6.45, 7) is 10.4. The maximum atomic E-state index is 14.1. The molecule has 33 heavy (non-hydrogen) atoms. The van der Waals surface area contributed by atoms with E-state index in [-0.39, 0.29) is 17.9 Å². The lowest BCUT2D eigenvalue weighted by atomic mass is 9.95. The first-order chi connectivity index (χ1) is 15.9. The monoisotopic (exact) mass is 452 g/mol. The minimum absolute atomic E-state index is 0.0510. The number of Topliss-reactive ketones (excluding diaryl/α,β-unsaturated/α-hetero) is 1.